The number of aromatic nitrogens is 1. The van der Waals surface area contributed by atoms with Crippen LogP contribution in [0.5, 0.6) is 0 Å². The van der Waals surface area contributed by atoms with Crippen LogP contribution in [0, 0.1) is 13.8 Å². The second-order valence-electron chi connectivity index (χ2n) is 7.82. The van der Waals surface area contributed by atoms with Crippen molar-refractivity contribution in [3.8, 4) is 0 Å². The van der Waals surface area contributed by atoms with Gasteiger partial charge in [-0.05, 0) is 62.1 Å². The molecular weight excluding hydrogens is 384 g/mol. The number of fused-ring (bicyclic) bond motifs is 1. The Hall–Kier alpha value is -2.73. The third kappa shape index (κ3) is 3.31. The van der Waals surface area contributed by atoms with E-state index in [1.165, 1.54) is 0 Å². The topological polar surface area (TPSA) is 76.1 Å². The quantitative estimate of drug-likeness (QED) is 0.686. The number of anilines is 1. The Morgan fingerprint density at radius 2 is 1.72 bits per heavy atom. The lowest BCUT2D eigenvalue weighted by molar-refractivity contribution is -0.118. The number of carbonyl (C=O) groups excluding carboxylic acids is 1. The van der Waals surface area contributed by atoms with Gasteiger partial charge in [-0.1, -0.05) is 43.2 Å². The van der Waals surface area contributed by atoms with Crippen LogP contribution in [0.2, 0.25) is 0 Å². The van der Waals surface area contributed by atoms with Crippen molar-refractivity contribution >= 4 is 32.5 Å². The van der Waals surface area contributed by atoms with Crippen LogP contribution in [0.1, 0.15) is 36.8 Å². The van der Waals surface area contributed by atoms with E-state index in [0.717, 1.165) is 16.5 Å². The number of hydrogen-bond donors (Lipinski definition) is 1. The zero-order valence-corrected chi connectivity index (χ0v) is 17.4. The van der Waals surface area contributed by atoms with Crippen molar-refractivity contribution in [3.05, 3.63) is 65.7 Å². The number of nitrogens with zero attached hydrogens (tertiary/aromatic N) is 1. The number of amides is 1. The first-order valence-corrected chi connectivity index (χ1v) is 11.3. The van der Waals surface area contributed by atoms with Crippen molar-refractivity contribution in [2.24, 2.45) is 0 Å². The molecule has 5 nitrogen and oxygen atoms in total. The van der Waals surface area contributed by atoms with E-state index in [4.69, 9.17) is 0 Å². The van der Waals surface area contributed by atoms with Gasteiger partial charge in [-0.2, -0.15) is 0 Å². The Morgan fingerprint density at radius 3 is 2.48 bits per heavy atom. The Labute approximate surface area is 171 Å². The summed E-state index contributed by atoms with van der Waals surface area (Å²) >= 11 is 0. The molecule has 1 aromatic heterocycles. The molecule has 1 amide bonds. The fourth-order valence-corrected chi connectivity index (χ4v) is 6.51. The maximum atomic E-state index is 13.7. The highest BCUT2D eigenvalue weighted by Crippen LogP contribution is 2.42. The summed E-state index contributed by atoms with van der Waals surface area (Å²) in [4.78, 5) is 18.1. The number of nitrogens with one attached hydrogen (secondary N) is 1. The summed E-state index contributed by atoms with van der Waals surface area (Å²) in [5.74, 6) is -0.116. The SMILES string of the molecule is Cc1ccc(C)c(S(=O)(=O)C2(C(=O)Nc3ccc4ccccc4n3)CCCC2)c1. The zero-order chi connectivity index (χ0) is 20.6. The molecule has 1 aliphatic carbocycles. The van der Waals surface area contributed by atoms with E-state index in [0.29, 0.717) is 37.1 Å². The molecule has 150 valence electrons. The van der Waals surface area contributed by atoms with Gasteiger partial charge in [-0.15, -0.1) is 0 Å². The lowest BCUT2D eigenvalue weighted by Crippen LogP contribution is -2.47. The summed E-state index contributed by atoms with van der Waals surface area (Å²) in [7, 11) is -3.86. The second kappa shape index (κ2) is 7.26. The fourth-order valence-electron chi connectivity index (χ4n) is 4.14. The number of para-hydroxylation sites is 1. The van der Waals surface area contributed by atoms with E-state index < -0.39 is 20.5 Å². The third-order valence-electron chi connectivity index (χ3n) is 5.81. The first kappa shape index (κ1) is 19.6. The normalized spacial score (nSPS) is 16.1. The smallest absolute Gasteiger partial charge is 0.247 e. The minimum atomic E-state index is -3.86. The van der Waals surface area contributed by atoms with E-state index in [2.05, 4.69) is 10.3 Å². The summed E-state index contributed by atoms with van der Waals surface area (Å²) in [5.41, 5.74) is 2.28. The molecule has 4 rings (SSSR count). The van der Waals surface area contributed by atoms with Gasteiger partial charge in [0.05, 0.1) is 10.4 Å². The predicted molar refractivity (Wildman–Crippen MR) is 115 cm³/mol. The molecule has 1 aliphatic rings. The fraction of sp³-hybridized carbons (Fsp3) is 0.304. The molecule has 6 heteroatoms. The monoisotopic (exact) mass is 408 g/mol. The van der Waals surface area contributed by atoms with Gasteiger partial charge >= 0.3 is 0 Å². The van der Waals surface area contributed by atoms with E-state index in [-0.39, 0.29) is 4.90 Å². The molecule has 2 aromatic carbocycles. The van der Waals surface area contributed by atoms with Gasteiger partial charge in [0, 0.05) is 5.39 Å². The molecule has 0 atom stereocenters. The van der Waals surface area contributed by atoms with Crippen molar-refractivity contribution in [3.63, 3.8) is 0 Å². The molecule has 0 spiro atoms. The minimum absolute atomic E-state index is 0.251. The molecule has 0 aliphatic heterocycles. The molecule has 0 saturated heterocycles. The minimum Gasteiger partial charge on any atom is -0.309 e. The van der Waals surface area contributed by atoms with Gasteiger partial charge in [0.25, 0.3) is 0 Å². The van der Waals surface area contributed by atoms with Gasteiger partial charge < -0.3 is 5.32 Å². The van der Waals surface area contributed by atoms with Crippen molar-refractivity contribution in [2.75, 3.05) is 5.32 Å². The maximum absolute atomic E-state index is 13.7. The van der Waals surface area contributed by atoms with Gasteiger partial charge in [-0.25, -0.2) is 13.4 Å². The number of benzene rings is 2. The van der Waals surface area contributed by atoms with Crippen LogP contribution in [0.3, 0.4) is 0 Å². The molecule has 29 heavy (non-hydrogen) atoms. The number of carbonyl (C=O) groups is 1. The average Bonchev–Trinajstić information content (AvgIpc) is 3.21. The van der Waals surface area contributed by atoms with Crippen LogP contribution in [0.4, 0.5) is 5.82 Å². The van der Waals surface area contributed by atoms with Crippen molar-refractivity contribution in [1.82, 2.24) is 4.98 Å². The summed E-state index contributed by atoms with van der Waals surface area (Å²) in [5, 5.41) is 3.76. The molecule has 1 N–H and O–H groups in total. The van der Waals surface area contributed by atoms with Crippen LogP contribution in [0.25, 0.3) is 10.9 Å². The van der Waals surface area contributed by atoms with Gasteiger partial charge in [0.15, 0.2) is 14.6 Å². The summed E-state index contributed by atoms with van der Waals surface area (Å²) < 4.78 is 25.9. The second-order valence-corrected chi connectivity index (χ2v) is 10.0. The maximum Gasteiger partial charge on any atom is 0.247 e. The molecule has 0 unspecified atom stereocenters. The summed E-state index contributed by atoms with van der Waals surface area (Å²) in [6.07, 6.45) is 2.07. The number of pyridine rings is 1. The number of sulfone groups is 1. The van der Waals surface area contributed by atoms with Crippen molar-refractivity contribution < 1.29 is 13.2 Å². The highest BCUT2D eigenvalue weighted by molar-refractivity contribution is 7.93. The third-order valence-corrected chi connectivity index (χ3v) is 8.45. The Morgan fingerprint density at radius 1 is 1.00 bits per heavy atom. The van der Waals surface area contributed by atoms with E-state index in [1.807, 2.05) is 43.3 Å². The molecule has 1 heterocycles. The van der Waals surface area contributed by atoms with Crippen molar-refractivity contribution in [2.45, 2.75) is 49.2 Å². The summed E-state index contributed by atoms with van der Waals surface area (Å²) in [6.45, 7) is 3.64. The average molecular weight is 409 g/mol. The predicted octanol–water partition coefficient (Wildman–Crippen LogP) is 4.58. The summed E-state index contributed by atoms with van der Waals surface area (Å²) in [6, 6.07) is 16.6. The molecule has 3 aromatic rings. The zero-order valence-electron chi connectivity index (χ0n) is 16.6. The molecule has 1 saturated carbocycles. The molecule has 0 radical (unpaired) electrons. The molecular formula is C23H24N2O3S. The first-order chi connectivity index (χ1) is 13.8. The standard InChI is InChI=1S/C23H24N2O3S/c1-16-9-10-17(2)20(15-16)29(27,28)23(13-5-6-14-23)22(26)25-21-12-11-18-7-3-4-8-19(18)24-21/h3-4,7-12,15H,5-6,13-14H2,1-2H3,(H,24,25,26). The Kier molecular flexibility index (Phi) is 4.90. The van der Waals surface area contributed by atoms with Crippen LogP contribution in [-0.2, 0) is 14.6 Å². The first-order valence-electron chi connectivity index (χ1n) is 9.83. The Bertz CT molecular complexity index is 1200. The largest absolute Gasteiger partial charge is 0.309 e. The molecule has 0 bridgehead atoms. The van der Waals surface area contributed by atoms with E-state index in [9.17, 15) is 13.2 Å². The number of aryl methyl sites for hydroxylation is 2. The van der Waals surface area contributed by atoms with Crippen LogP contribution in [-0.4, -0.2) is 24.1 Å². The van der Waals surface area contributed by atoms with Gasteiger partial charge in [0.2, 0.25) is 5.91 Å². The number of rotatable bonds is 4. The van der Waals surface area contributed by atoms with Gasteiger partial charge in [0.1, 0.15) is 5.82 Å². The Balaban J connectivity index is 1.74. The highest BCUT2D eigenvalue weighted by Gasteiger charge is 2.53. The van der Waals surface area contributed by atoms with Crippen LogP contribution >= 0.6 is 0 Å². The lowest BCUT2D eigenvalue weighted by Gasteiger charge is -2.28. The lowest BCUT2D eigenvalue weighted by atomic mass is 10.1. The van der Waals surface area contributed by atoms with E-state index >= 15 is 0 Å². The van der Waals surface area contributed by atoms with Crippen molar-refractivity contribution in [1.29, 1.82) is 0 Å². The van der Waals surface area contributed by atoms with Crippen LogP contribution in [0.15, 0.2) is 59.5 Å². The highest BCUT2D eigenvalue weighted by atomic mass is 32.2. The number of hydrogen-bond acceptors (Lipinski definition) is 4. The van der Waals surface area contributed by atoms with Gasteiger partial charge in [-0.3, -0.25) is 4.79 Å². The van der Waals surface area contributed by atoms with Crippen LogP contribution < -0.4 is 5.32 Å². The van der Waals surface area contributed by atoms with E-state index in [1.54, 1.807) is 25.1 Å². The molecule has 1 fully saturated rings.